The lowest BCUT2D eigenvalue weighted by Crippen LogP contribution is -2.56. The number of thioether (sulfide) groups is 1. The SMILES string of the molecule is CSCCC(NC(=O)C(C)NC(=O)C(CCCCN)NC(=O)C(N)CO)C(=O)O. The molecule has 0 aliphatic rings. The van der Waals surface area contributed by atoms with Crippen molar-refractivity contribution >= 4 is 35.5 Å². The Morgan fingerprint density at radius 1 is 0.966 bits per heavy atom. The molecule has 29 heavy (non-hydrogen) atoms. The second kappa shape index (κ2) is 15.0. The number of nitrogens with two attached hydrogens (primary N) is 2. The van der Waals surface area contributed by atoms with Crippen molar-refractivity contribution < 1.29 is 29.4 Å². The largest absolute Gasteiger partial charge is 0.480 e. The number of aliphatic hydroxyl groups is 1. The molecule has 0 radical (unpaired) electrons. The zero-order valence-electron chi connectivity index (χ0n) is 16.8. The molecule has 0 saturated carbocycles. The van der Waals surface area contributed by atoms with E-state index < -0.39 is 54.5 Å². The maximum absolute atomic E-state index is 12.5. The first-order chi connectivity index (χ1) is 13.7. The van der Waals surface area contributed by atoms with Crippen LogP contribution in [0.15, 0.2) is 0 Å². The third kappa shape index (κ3) is 11.0. The zero-order valence-corrected chi connectivity index (χ0v) is 17.7. The molecule has 168 valence electrons. The molecule has 0 aliphatic carbocycles. The Labute approximate surface area is 174 Å². The first-order valence-electron chi connectivity index (χ1n) is 9.37. The van der Waals surface area contributed by atoms with Crippen LogP contribution in [0.25, 0.3) is 0 Å². The molecule has 0 aromatic heterocycles. The van der Waals surface area contributed by atoms with Gasteiger partial charge in [0.25, 0.3) is 0 Å². The summed E-state index contributed by atoms with van der Waals surface area (Å²) < 4.78 is 0. The maximum atomic E-state index is 12.5. The summed E-state index contributed by atoms with van der Waals surface area (Å²) in [6, 6.07) is -4.21. The van der Waals surface area contributed by atoms with Gasteiger partial charge in [0.2, 0.25) is 17.7 Å². The number of unbranched alkanes of at least 4 members (excludes halogenated alkanes) is 1. The van der Waals surface area contributed by atoms with Crippen LogP contribution in [0.2, 0.25) is 0 Å². The summed E-state index contributed by atoms with van der Waals surface area (Å²) in [5.74, 6) is -2.56. The molecular weight excluding hydrogens is 402 g/mol. The van der Waals surface area contributed by atoms with Gasteiger partial charge in [-0.15, -0.1) is 0 Å². The molecule has 0 aromatic rings. The topological polar surface area (TPSA) is 197 Å². The van der Waals surface area contributed by atoms with Crippen molar-refractivity contribution in [3.05, 3.63) is 0 Å². The average Bonchev–Trinajstić information content (AvgIpc) is 2.68. The van der Waals surface area contributed by atoms with Crippen LogP contribution in [0.3, 0.4) is 0 Å². The van der Waals surface area contributed by atoms with Gasteiger partial charge in [-0.2, -0.15) is 11.8 Å². The number of hydrogen-bond donors (Lipinski definition) is 7. The summed E-state index contributed by atoms with van der Waals surface area (Å²) in [6.45, 7) is 1.26. The summed E-state index contributed by atoms with van der Waals surface area (Å²) in [5.41, 5.74) is 10.9. The van der Waals surface area contributed by atoms with Crippen molar-refractivity contribution in [1.29, 1.82) is 0 Å². The zero-order chi connectivity index (χ0) is 22.4. The van der Waals surface area contributed by atoms with Gasteiger partial charge in [-0.05, 0) is 51.2 Å². The van der Waals surface area contributed by atoms with Gasteiger partial charge in [0.1, 0.15) is 24.2 Å². The fourth-order valence-electron chi connectivity index (χ4n) is 2.29. The number of carboxylic acid groups (broad SMARTS) is 1. The summed E-state index contributed by atoms with van der Waals surface area (Å²) in [4.78, 5) is 48.0. The summed E-state index contributed by atoms with van der Waals surface area (Å²) in [6.07, 6.45) is 3.54. The standard InChI is InChI=1S/C17H33N5O6S/c1-10(14(24)22-13(17(27)28)6-8-29-2)20-16(26)12(5-3-4-7-18)21-15(25)11(19)9-23/h10-13,23H,3-9,18-19H2,1-2H3,(H,20,26)(H,21,25)(H,22,24)(H,27,28). The minimum absolute atomic E-state index is 0.250. The number of aliphatic hydroxyl groups excluding tert-OH is 1. The number of amides is 3. The van der Waals surface area contributed by atoms with E-state index in [2.05, 4.69) is 16.0 Å². The van der Waals surface area contributed by atoms with E-state index in [1.165, 1.54) is 18.7 Å². The third-order valence-electron chi connectivity index (χ3n) is 4.09. The van der Waals surface area contributed by atoms with Crippen LogP contribution in [0.1, 0.15) is 32.6 Å². The summed E-state index contributed by atoms with van der Waals surface area (Å²) >= 11 is 1.46. The fraction of sp³-hybridized carbons (Fsp3) is 0.765. The van der Waals surface area contributed by atoms with Crippen LogP contribution in [0.5, 0.6) is 0 Å². The molecule has 4 unspecified atom stereocenters. The molecule has 0 fully saturated rings. The third-order valence-corrected chi connectivity index (χ3v) is 4.73. The van der Waals surface area contributed by atoms with Gasteiger partial charge < -0.3 is 37.6 Å². The Bertz CT molecular complexity index is 550. The number of rotatable bonds is 15. The lowest BCUT2D eigenvalue weighted by Gasteiger charge is -2.23. The van der Waals surface area contributed by atoms with Crippen LogP contribution < -0.4 is 27.4 Å². The molecular formula is C17H33N5O6S. The van der Waals surface area contributed by atoms with Gasteiger partial charge in [0.15, 0.2) is 0 Å². The van der Waals surface area contributed by atoms with Crippen molar-refractivity contribution in [3.63, 3.8) is 0 Å². The Morgan fingerprint density at radius 3 is 2.10 bits per heavy atom. The molecule has 0 aromatic carbocycles. The second-order valence-electron chi connectivity index (χ2n) is 6.55. The van der Waals surface area contributed by atoms with Crippen molar-refractivity contribution in [2.45, 2.75) is 56.8 Å². The molecule has 0 rings (SSSR count). The van der Waals surface area contributed by atoms with Gasteiger partial charge >= 0.3 is 5.97 Å². The monoisotopic (exact) mass is 435 g/mol. The van der Waals surface area contributed by atoms with E-state index in [9.17, 15) is 24.3 Å². The quantitative estimate of drug-likeness (QED) is 0.139. The number of hydrogen-bond acceptors (Lipinski definition) is 8. The molecule has 0 heterocycles. The Morgan fingerprint density at radius 2 is 1.59 bits per heavy atom. The molecule has 0 aliphatic heterocycles. The van der Waals surface area contributed by atoms with Gasteiger partial charge in [-0.25, -0.2) is 4.79 Å². The number of carboxylic acids is 1. The predicted molar refractivity (Wildman–Crippen MR) is 110 cm³/mol. The number of nitrogens with one attached hydrogen (secondary N) is 3. The Balaban J connectivity index is 4.94. The second-order valence-corrected chi connectivity index (χ2v) is 7.53. The highest BCUT2D eigenvalue weighted by molar-refractivity contribution is 7.98. The number of carbonyl (C=O) groups excluding carboxylic acids is 3. The Hall–Kier alpha value is -1.89. The van der Waals surface area contributed by atoms with E-state index in [-0.39, 0.29) is 12.8 Å². The van der Waals surface area contributed by atoms with Crippen LogP contribution >= 0.6 is 11.8 Å². The van der Waals surface area contributed by atoms with Crippen molar-refractivity contribution in [2.75, 3.05) is 25.2 Å². The van der Waals surface area contributed by atoms with Crippen LogP contribution in [-0.4, -0.2) is 83.2 Å². The van der Waals surface area contributed by atoms with Gasteiger partial charge in [-0.1, -0.05) is 0 Å². The van der Waals surface area contributed by atoms with Crippen LogP contribution in [0, 0.1) is 0 Å². The first kappa shape index (κ1) is 27.1. The molecule has 12 heteroatoms. The van der Waals surface area contributed by atoms with Crippen molar-refractivity contribution in [1.82, 2.24) is 16.0 Å². The van der Waals surface area contributed by atoms with E-state index in [1.807, 2.05) is 6.26 Å². The van der Waals surface area contributed by atoms with Crippen molar-refractivity contribution in [3.8, 4) is 0 Å². The highest BCUT2D eigenvalue weighted by atomic mass is 32.2. The van der Waals surface area contributed by atoms with Gasteiger partial charge in [0, 0.05) is 0 Å². The maximum Gasteiger partial charge on any atom is 0.326 e. The minimum Gasteiger partial charge on any atom is -0.480 e. The molecule has 0 bridgehead atoms. The Kier molecular flexibility index (Phi) is 14.0. The first-order valence-corrected chi connectivity index (χ1v) is 10.8. The number of carbonyl (C=O) groups is 4. The molecule has 0 saturated heterocycles. The fourth-order valence-corrected chi connectivity index (χ4v) is 2.76. The molecule has 11 nitrogen and oxygen atoms in total. The van der Waals surface area contributed by atoms with Crippen LogP contribution in [-0.2, 0) is 19.2 Å². The van der Waals surface area contributed by atoms with Gasteiger partial charge in [0.05, 0.1) is 6.61 Å². The van der Waals surface area contributed by atoms with Gasteiger partial charge in [-0.3, -0.25) is 14.4 Å². The molecule has 0 spiro atoms. The van der Waals surface area contributed by atoms with E-state index in [0.29, 0.717) is 25.1 Å². The average molecular weight is 436 g/mol. The van der Waals surface area contributed by atoms with E-state index in [1.54, 1.807) is 0 Å². The molecule has 3 amide bonds. The van der Waals surface area contributed by atoms with E-state index in [0.717, 1.165) is 0 Å². The molecule has 9 N–H and O–H groups in total. The highest BCUT2D eigenvalue weighted by Crippen LogP contribution is 2.04. The highest BCUT2D eigenvalue weighted by Gasteiger charge is 2.27. The lowest BCUT2D eigenvalue weighted by atomic mass is 10.1. The molecule has 4 atom stereocenters. The minimum atomic E-state index is -1.17. The summed E-state index contributed by atoms with van der Waals surface area (Å²) in [7, 11) is 0. The van der Waals surface area contributed by atoms with E-state index >= 15 is 0 Å². The van der Waals surface area contributed by atoms with Crippen LogP contribution in [0.4, 0.5) is 0 Å². The predicted octanol–water partition coefficient (Wildman–Crippen LogP) is -2.25. The normalized spacial score (nSPS) is 14.9. The summed E-state index contributed by atoms with van der Waals surface area (Å²) in [5, 5.41) is 25.5. The van der Waals surface area contributed by atoms with E-state index in [4.69, 9.17) is 16.6 Å². The number of aliphatic carboxylic acids is 1. The van der Waals surface area contributed by atoms with Crippen molar-refractivity contribution in [2.24, 2.45) is 11.5 Å². The lowest BCUT2D eigenvalue weighted by molar-refractivity contribution is -0.142. The smallest absolute Gasteiger partial charge is 0.326 e.